The third-order valence-electron chi connectivity index (χ3n) is 5.20. The Morgan fingerprint density at radius 3 is 1.96 bits per heavy atom. The first-order valence-electron chi connectivity index (χ1n) is 8.23. The summed E-state index contributed by atoms with van der Waals surface area (Å²) in [4.78, 5) is 22.6. The van der Waals surface area contributed by atoms with Gasteiger partial charge in [0.2, 0.25) is 10.0 Å². The second-order valence-corrected chi connectivity index (χ2v) is 9.18. The Balaban J connectivity index is 0. The third-order valence-corrected chi connectivity index (χ3v) is 7.02. The van der Waals surface area contributed by atoms with Crippen LogP contribution in [0.4, 0.5) is 0 Å². The highest BCUT2D eigenvalue weighted by atomic mass is 35.5. The Morgan fingerprint density at radius 1 is 1.14 bits per heavy atom. The fraction of sp³-hybridized carbons (Fsp3) is 0.684. The summed E-state index contributed by atoms with van der Waals surface area (Å²) in [6.07, 6.45) is 6.03. The standard InChI is InChI=1S/C9H14N2O3S.C8H12O2.2CH4.ClH/c1-2-6-5-9(6,10)8(12)11-15(13,14)7-3-4-7;1-4-6-5-8(6,2)7(9)10-3;;;/h2,6-7H,1,3-5,10H2,(H,11,12);4,6H,1,5H2,2-3H3;2*1H4;1H/t6-,9-;6-,8+;;;/m11.../s1. The molecule has 164 valence electrons. The van der Waals surface area contributed by atoms with Crippen LogP contribution in [0, 0.1) is 17.3 Å². The van der Waals surface area contributed by atoms with Crippen LogP contribution < -0.4 is 10.5 Å². The Labute approximate surface area is 175 Å². The maximum Gasteiger partial charge on any atom is 0.312 e. The van der Waals surface area contributed by atoms with Gasteiger partial charge in [-0.15, -0.1) is 25.6 Å². The lowest BCUT2D eigenvalue weighted by atomic mass is 10.1. The number of nitrogens with two attached hydrogens (primary N) is 1. The highest BCUT2D eigenvalue weighted by Crippen LogP contribution is 2.53. The Kier molecular flexibility index (Phi) is 10.2. The number of nitrogens with one attached hydrogen (secondary N) is 1. The fourth-order valence-electron chi connectivity index (χ4n) is 2.75. The quantitative estimate of drug-likeness (QED) is 0.486. The lowest BCUT2D eigenvalue weighted by Gasteiger charge is -2.11. The number of hydrogen-bond donors (Lipinski definition) is 2. The van der Waals surface area contributed by atoms with Gasteiger partial charge in [-0.05, 0) is 38.5 Å². The van der Waals surface area contributed by atoms with Crippen LogP contribution in [0.3, 0.4) is 0 Å². The molecule has 7 nitrogen and oxygen atoms in total. The van der Waals surface area contributed by atoms with Crippen molar-refractivity contribution in [2.45, 2.75) is 58.2 Å². The van der Waals surface area contributed by atoms with Gasteiger partial charge in [0.05, 0.1) is 17.8 Å². The van der Waals surface area contributed by atoms with E-state index in [9.17, 15) is 18.0 Å². The van der Waals surface area contributed by atoms with Gasteiger partial charge in [-0.1, -0.05) is 27.0 Å². The summed E-state index contributed by atoms with van der Waals surface area (Å²) in [6.45, 7) is 9.07. The molecular weight excluding hydrogens is 404 g/mol. The number of hydrogen-bond acceptors (Lipinski definition) is 6. The molecule has 3 saturated carbocycles. The van der Waals surface area contributed by atoms with E-state index in [1.54, 1.807) is 6.08 Å². The second kappa shape index (κ2) is 9.89. The van der Waals surface area contributed by atoms with E-state index in [1.165, 1.54) is 7.11 Å². The summed E-state index contributed by atoms with van der Waals surface area (Å²) in [5.74, 6) is -0.483. The minimum Gasteiger partial charge on any atom is -0.469 e. The smallest absolute Gasteiger partial charge is 0.312 e. The Hall–Kier alpha value is -1.38. The van der Waals surface area contributed by atoms with Crippen molar-refractivity contribution in [2.75, 3.05) is 7.11 Å². The van der Waals surface area contributed by atoms with Crippen molar-refractivity contribution in [2.24, 2.45) is 23.0 Å². The number of ether oxygens (including phenoxy) is 1. The molecule has 3 aliphatic carbocycles. The van der Waals surface area contributed by atoms with Crippen LogP contribution >= 0.6 is 12.4 Å². The summed E-state index contributed by atoms with van der Waals surface area (Å²) in [5.41, 5.74) is 4.42. The number of esters is 1. The van der Waals surface area contributed by atoms with Crippen molar-refractivity contribution in [3.63, 3.8) is 0 Å². The number of carbonyl (C=O) groups excluding carboxylic acids is 2. The third kappa shape index (κ3) is 5.81. The molecule has 3 rings (SSSR count). The molecule has 0 aliphatic heterocycles. The average Bonchev–Trinajstić information content (AvgIpc) is 3.41. The van der Waals surface area contributed by atoms with Crippen LogP contribution in [-0.4, -0.2) is 38.2 Å². The zero-order valence-corrected chi connectivity index (χ0v) is 16.7. The van der Waals surface area contributed by atoms with Gasteiger partial charge in [0.25, 0.3) is 5.91 Å². The summed E-state index contributed by atoms with van der Waals surface area (Å²) in [7, 11) is -2.05. The van der Waals surface area contributed by atoms with Crippen molar-refractivity contribution in [3.05, 3.63) is 25.3 Å². The molecule has 0 radical (unpaired) electrons. The number of allylic oxidation sites excluding steroid dienone is 1. The molecule has 3 fully saturated rings. The summed E-state index contributed by atoms with van der Waals surface area (Å²) < 4.78 is 29.6. The van der Waals surface area contributed by atoms with E-state index in [0.29, 0.717) is 25.2 Å². The van der Waals surface area contributed by atoms with E-state index in [2.05, 4.69) is 17.9 Å². The molecule has 0 spiro atoms. The molecule has 1 amide bonds. The number of amides is 1. The van der Waals surface area contributed by atoms with Crippen LogP contribution in [0.2, 0.25) is 0 Å². The van der Waals surface area contributed by atoms with E-state index >= 15 is 0 Å². The minimum atomic E-state index is -3.47. The number of halogens is 1. The van der Waals surface area contributed by atoms with E-state index in [1.807, 2.05) is 17.7 Å². The van der Waals surface area contributed by atoms with E-state index in [-0.39, 0.29) is 44.6 Å². The average molecular weight is 439 g/mol. The van der Waals surface area contributed by atoms with Gasteiger partial charge in [0.15, 0.2) is 0 Å². The molecule has 28 heavy (non-hydrogen) atoms. The van der Waals surface area contributed by atoms with Crippen LogP contribution in [0.5, 0.6) is 0 Å². The van der Waals surface area contributed by atoms with Gasteiger partial charge in [0.1, 0.15) is 5.54 Å². The number of carbonyl (C=O) groups is 2. The molecule has 0 aromatic carbocycles. The molecule has 3 aliphatic rings. The molecule has 0 bridgehead atoms. The van der Waals surface area contributed by atoms with Gasteiger partial charge < -0.3 is 10.5 Å². The van der Waals surface area contributed by atoms with Gasteiger partial charge in [-0.3, -0.25) is 14.3 Å². The number of sulfonamides is 1. The molecule has 9 heteroatoms. The molecule has 0 heterocycles. The van der Waals surface area contributed by atoms with Crippen molar-refractivity contribution < 1.29 is 22.7 Å². The molecule has 0 aromatic rings. The molecule has 4 atom stereocenters. The minimum absolute atomic E-state index is 0. The van der Waals surface area contributed by atoms with Crippen molar-refractivity contribution in [1.29, 1.82) is 0 Å². The zero-order valence-electron chi connectivity index (χ0n) is 15.1. The molecule has 0 aromatic heterocycles. The van der Waals surface area contributed by atoms with Crippen LogP contribution in [-0.2, 0) is 24.3 Å². The summed E-state index contributed by atoms with van der Waals surface area (Å²) in [6, 6.07) is 0. The molecular formula is C19H35ClN2O5S. The van der Waals surface area contributed by atoms with Gasteiger partial charge in [-0.2, -0.15) is 0 Å². The Bertz CT molecular complexity index is 707. The van der Waals surface area contributed by atoms with E-state index < -0.39 is 26.7 Å². The highest BCUT2D eigenvalue weighted by molar-refractivity contribution is 7.90. The SMILES string of the molecule is C.C.C=C[C@@H]1C[C@]1(C)C(=O)OC.C=C[C@@H]1C[C@]1(N)C(=O)NS(=O)(=O)C1CC1.Cl. The van der Waals surface area contributed by atoms with Gasteiger partial charge in [0, 0.05) is 5.92 Å². The highest BCUT2D eigenvalue weighted by Gasteiger charge is 2.57. The first kappa shape index (κ1) is 28.8. The maximum absolute atomic E-state index is 11.6. The number of methoxy groups -OCH3 is 1. The topological polar surface area (TPSA) is 116 Å². The predicted molar refractivity (Wildman–Crippen MR) is 114 cm³/mol. The second-order valence-electron chi connectivity index (χ2n) is 7.22. The van der Waals surface area contributed by atoms with Gasteiger partial charge in [-0.25, -0.2) is 8.42 Å². The van der Waals surface area contributed by atoms with Crippen LogP contribution in [0.1, 0.15) is 47.5 Å². The first-order chi connectivity index (χ1) is 11.5. The zero-order chi connectivity index (χ0) is 19.0. The van der Waals surface area contributed by atoms with Gasteiger partial charge >= 0.3 is 5.97 Å². The largest absolute Gasteiger partial charge is 0.469 e. The van der Waals surface area contributed by atoms with Crippen LogP contribution in [0.15, 0.2) is 25.3 Å². The molecule has 0 saturated heterocycles. The fourth-order valence-corrected chi connectivity index (χ4v) is 4.13. The van der Waals surface area contributed by atoms with Crippen molar-refractivity contribution in [1.82, 2.24) is 4.72 Å². The van der Waals surface area contributed by atoms with E-state index in [0.717, 1.165) is 6.42 Å². The van der Waals surface area contributed by atoms with E-state index in [4.69, 9.17) is 5.73 Å². The summed E-state index contributed by atoms with van der Waals surface area (Å²) in [5, 5.41) is -0.397. The Morgan fingerprint density at radius 2 is 1.64 bits per heavy atom. The normalized spacial score (nSPS) is 31.7. The maximum atomic E-state index is 11.6. The number of rotatable bonds is 6. The summed E-state index contributed by atoms with van der Waals surface area (Å²) >= 11 is 0. The lowest BCUT2D eigenvalue weighted by Crippen LogP contribution is -2.47. The van der Waals surface area contributed by atoms with Crippen molar-refractivity contribution in [3.8, 4) is 0 Å². The van der Waals surface area contributed by atoms with Crippen LogP contribution in [0.25, 0.3) is 0 Å². The monoisotopic (exact) mass is 438 g/mol. The molecule has 0 unspecified atom stereocenters. The molecule has 3 N–H and O–H groups in total. The van der Waals surface area contributed by atoms with Crippen molar-refractivity contribution >= 4 is 34.3 Å². The predicted octanol–water partition coefficient (Wildman–Crippen LogP) is 2.56. The first-order valence-corrected chi connectivity index (χ1v) is 9.78. The lowest BCUT2D eigenvalue weighted by molar-refractivity contribution is -0.146.